The van der Waals surface area contributed by atoms with Gasteiger partial charge < -0.3 is 10.6 Å². The Balaban J connectivity index is 1.73. The summed E-state index contributed by atoms with van der Waals surface area (Å²) in [5.74, 6) is -0.745. The van der Waals surface area contributed by atoms with Crippen molar-refractivity contribution in [3.63, 3.8) is 0 Å². The Labute approximate surface area is 153 Å². The van der Waals surface area contributed by atoms with Crippen LogP contribution in [-0.2, 0) is 11.2 Å². The lowest BCUT2D eigenvalue weighted by Crippen LogP contribution is -2.22. The van der Waals surface area contributed by atoms with Crippen LogP contribution in [0.3, 0.4) is 0 Å². The number of hydrogen-bond donors (Lipinski definition) is 2. The molecule has 0 aliphatic rings. The van der Waals surface area contributed by atoms with E-state index in [1.807, 2.05) is 5.38 Å². The van der Waals surface area contributed by atoms with Crippen LogP contribution in [0.4, 0.5) is 19.6 Å². The lowest BCUT2D eigenvalue weighted by molar-refractivity contribution is -0.118. The first-order chi connectivity index (χ1) is 12.5. The van der Waals surface area contributed by atoms with Crippen LogP contribution < -0.4 is 10.6 Å². The lowest BCUT2D eigenvalue weighted by atomic mass is 10.1. The van der Waals surface area contributed by atoms with Crippen molar-refractivity contribution in [3.8, 4) is 11.3 Å². The Kier molecular flexibility index (Phi) is 5.58. The molecular formula is C19H17F2N3OS. The second-order valence-electron chi connectivity index (χ2n) is 5.71. The molecule has 4 nitrogen and oxygen atoms in total. The number of anilines is 2. The highest BCUT2D eigenvalue weighted by molar-refractivity contribution is 7.14. The average molecular weight is 373 g/mol. The molecule has 0 aliphatic heterocycles. The van der Waals surface area contributed by atoms with Gasteiger partial charge in [0.2, 0.25) is 5.91 Å². The number of rotatable bonds is 6. The number of amides is 1. The molecule has 0 bridgehead atoms. The number of hydrogen-bond acceptors (Lipinski definition) is 4. The van der Waals surface area contributed by atoms with Gasteiger partial charge in [-0.15, -0.1) is 11.3 Å². The molecule has 3 rings (SSSR count). The maximum absolute atomic E-state index is 14.0. The maximum atomic E-state index is 14.0. The van der Waals surface area contributed by atoms with E-state index in [4.69, 9.17) is 0 Å². The number of thiazole rings is 1. The molecule has 1 amide bonds. The van der Waals surface area contributed by atoms with E-state index < -0.39 is 0 Å². The van der Waals surface area contributed by atoms with Crippen molar-refractivity contribution in [2.24, 2.45) is 0 Å². The summed E-state index contributed by atoms with van der Waals surface area (Å²) in [6, 6.07) is 10.8. The molecule has 0 aliphatic carbocycles. The van der Waals surface area contributed by atoms with Crippen LogP contribution in [0.25, 0.3) is 11.3 Å². The Morgan fingerprint density at radius 1 is 1.15 bits per heavy atom. The molecule has 2 aromatic carbocycles. The van der Waals surface area contributed by atoms with Gasteiger partial charge in [-0.05, 0) is 54.4 Å². The Bertz CT molecular complexity index is 909. The van der Waals surface area contributed by atoms with Gasteiger partial charge in [-0.1, -0.05) is 0 Å². The SMILES string of the molecule is CC(=O)NCCc1cc(-c2csc(Nc3ccc(F)cc3)n2)ccc1F. The molecule has 0 radical (unpaired) electrons. The van der Waals surface area contributed by atoms with Crippen LogP contribution >= 0.6 is 11.3 Å². The van der Waals surface area contributed by atoms with Crippen molar-refractivity contribution in [3.05, 3.63) is 65.0 Å². The summed E-state index contributed by atoms with van der Waals surface area (Å²) in [6.07, 6.45) is 0.407. The van der Waals surface area contributed by atoms with E-state index in [1.165, 1.54) is 36.5 Å². The number of benzene rings is 2. The van der Waals surface area contributed by atoms with Gasteiger partial charge in [0.05, 0.1) is 5.69 Å². The number of halogens is 2. The van der Waals surface area contributed by atoms with Gasteiger partial charge in [-0.3, -0.25) is 4.79 Å². The number of nitrogens with zero attached hydrogens (tertiary/aromatic N) is 1. The molecule has 1 aromatic heterocycles. The topological polar surface area (TPSA) is 54.0 Å². The second-order valence-corrected chi connectivity index (χ2v) is 6.57. The zero-order valence-corrected chi connectivity index (χ0v) is 14.9. The van der Waals surface area contributed by atoms with Gasteiger partial charge in [0.1, 0.15) is 11.6 Å². The van der Waals surface area contributed by atoms with Gasteiger partial charge in [-0.25, -0.2) is 13.8 Å². The normalized spacial score (nSPS) is 10.6. The quantitative estimate of drug-likeness (QED) is 0.668. The highest BCUT2D eigenvalue weighted by Gasteiger charge is 2.09. The first-order valence-electron chi connectivity index (χ1n) is 8.02. The second kappa shape index (κ2) is 8.05. The largest absolute Gasteiger partial charge is 0.356 e. The molecule has 1 heterocycles. The summed E-state index contributed by atoms with van der Waals surface area (Å²) in [6.45, 7) is 1.81. The van der Waals surface area contributed by atoms with Crippen molar-refractivity contribution in [1.29, 1.82) is 0 Å². The molecule has 26 heavy (non-hydrogen) atoms. The third kappa shape index (κ3) is 4.64. The Morgan fingerprint density at radius 2 is 1.92 bits per heavy atom. The van der Waals surface area contributed by atoms with Crippen molar-refractivity contribution < 1.29 is 13.6 Å². The lowest BCUT2D eigenvalue weighted by Gasteiger charge is -2.06. The minimum absolute atomic E-state index is 0.141. The number of aromatic nitrogens is 1. The molecule has 0 saturated carbocycles. The Hall–Kier alpha value is -2.80. The highest BCUT2D eigenvalue weighted by Crippen LogP contribution is 2.28. The summed E-state index contributed by atoms with van der Waals surface area (Å²) in [7, 11) is 0. The molecule has 0 saturated heterocycles. The first kappa shape index (κ1) is 18.0. The predicted molar refractivity (Wildman–Crippen MR) is 99.6 cm³/mol. The number of nitrogens with one attached hydrogen (secondary N) is 2. The number of carbonyl (C=O) groups excluding carboxylic acids is 1. The molecule has 0 spiro atoms. The van der Waals surface area contributed by atoms with E-state index in [9.17, 15) is 13.6 Å². The molecule has 3 aromatic rings. The number of carbonyl (C=O) groups is 1. The minimum atomic E-state index is -0.306. The summed E-state index contributed by atoms with van der Waals surface area (Å²) in [5, 5.41) is 8.31. The molecular weight excluding hydrogens is 356 g/mol. The monoisotopic (exact) mass is 373 g/mol. The van der Waals surface area contributed by atoms with E-state index in [0.717, 1.165) is 16.9 Å². The van der Waals surface area contributed by atoms with E-state index in [1.54, 1.807) is 24.3 Å². The standard InChI is InChI=1S/C19H17F2N3OS/c1-12(25)22-9-8-13-10-14(2-7-17(13)21)18-11-26-19(24-18)23-16-5-3-15(20)4-6-16/h2-7,10-11H,8-9H2,1H3,(H,22,25)(H,23,24). The van der Waals surface area contributed by atoms with E-state index in [0.29, 0.717) is 23.7 Å². The van der Waals surface area contributed by atoms with Crippen LogP contribution in [0, 0.1) is 11.6 Å². The average Bonchev–Trinajstić information content (AvgIpc) is 3.07. The van der Waals surface area contributed by atoms with Gasteiger partial charge in [0, 0.05) is 30.1 Å². The molecule has 0 fully saturated rings. The van der Waals surface area contributed by atoms with Gasteiger partial charge in [0.25, 0.3) is 0 Å². The molecule has 134 valence electrons. The minimum Gasteiger partial charge on any atom is -0.356 e. The van der Waals surface area contributed by atoms with Crippen molar-refractivity contribution in [2.45, 2.75) is 13.3 Å². The first-order valence-corrected chi connectivity index (χ1v) is 8.90. The van der Waals surface area contributed by atoms with Crippen LogP contribution in [0.2, 0.25) is 0 Å². The fourth-order valence-corrected chi connectivity index (χ4v) is 3.16. The van der Waals surface area contributed by atoms with E-state index >= 15 is 0 Å². The van der Waals surface area contributed by atoms with Gasteiger partial charge in [-0.2, -0.15) is 0 Å². The van der Waals surface area contributed by atoms with Gasteiger partial charge >= 0.3 is 0 Å². The summed E-state index contributed by atoms with van der Waals surface area (Å²) < 4.78 is 26.9. The molecule has 0 unspecified atom stereocenters. The summed E-state index contributed by atoms with van der Waals surface area (Å²) in [5.41, 5.74) is 2.78. The van der Waals surface area contributed by atoms with E-state index in [-0.39, 0.29) is 17.5 Å². The zero-order chi connectivity index (χ0) is 18.5. The third-order valence-corrected chi connectivity index (χ3v) is 4.47. The van der Waals surface area contributed by atoms with Gasteiger partial charge in [0.15, 0.2) is 5.13 Å². The highest BCUT2D eigenvalue weighted by atomic mass is 32.1. The molecule has 7 heteroatoms. The van der Waals surface area contributed by atoms with Crippen LogP contribution in [0.1, 0.15) is 12.5 Å². The fraction of sp³-hybridized carbons (Fsp3) is 0.158. The van der Waals surface area contributed by atoms with Crippen LogP contribution in [0.5, 0.6) is 0 Å². The van der Waals surface area contributed by atoms with E-state index in [2.05, 4.69) is 15.6 Å². The van der Waals surface area contributed by atoms with Crippen LogP contribution in [-0.4, -0.2) is 17.4 Å². The summed E-state index contributed by atoms with van der Waals surface area (Å²) in [4.78, 5) is 15.4. The third-order valence-electron chi connectivity index (χ3n) is 3.71. The fourth-order valence-electron chi connectivity index (χ4n) is 2.42. The van der Waals surface area contributed by atoms with Crippen molar-refractivity contribution in [1.82, 2.24) is 10.3 Å². The molecule has 0 atom stereocenters. The maximum Gasteiger partial charge on any atom is 0.216 e. The van der Waals surface area contributed by atoms with Crippen LogP contribution in [0.15, 0.2) is 47.8 Å². The Morgan fingerprint density at radius 3 is 2.65 bits per heavy atom. The smallest absolute Gasteiger partial charge is 0.216 e. The van der Waals surface area contributed by atoms with Crippen molar-refractivity contribution >= 4 is 28.1 Å². The van der Waals surface area contributed by atoms with Crippen molar-refractivity contribution in [2.75, 3.05) is 11.9 Å². The predicted octanol–water partition coefficient (Wildman–Crippen LogP) is 4.51. The zero-order valence-electron chi connectivity index (χ0n) is 14.1. The molecule has 2 N–H and O–H groups in total. The summed E-state index contributed by atoms with van der Waals surface area (Å²) >= 11 is 1.41.